The van der Waals surface area contributed by atoms with Crippen LogP contribution in [0.1, 0.15) is 25.7 Å². The van der Waals surface area contributed by atoms with Gasteiger partial charge in [-0.3, -0.25) is 14.5 Å². The fraction of sp³-hybridized carbons (Fsp3) is 0.619. The number of benzene rings is 1. The van der Waals surface area contributed by atoms with E-state index in [4.69, 9.17) is 4.74 Å². The van der Waals surface area contributed by atoms with Crippen LogP contribution >= 0.6 is 0 Å². The summed E-state index contributed by atoms with van der Waals surface area (Å²) in [6.07, 6.45) is 5.11. The molecule has 0 saturated carbocycles. The van der Waals surface area contributed by atoms with Crippen molar-refractivity contribution in [1.82, 2.24) is 9.80 Å². The first-order valence-electron chi connectivity index (χ1n) is 10.3. The maximum Gasteiger partial charge on any atom is 0.238 e. The molecule has 7 heteroatoms. The molecule has 0 unspecified atom stereocenters. The Bertz CT molecular complexity index is 636. The summed E-state index contributed by atoms with van der Waals surface area (Å²) in [5, 5.41) is 2.92. The molecule has 28 heavy (non-hydrogen) atoms. The molecule has 0 aromatic heterocycles. The number of ether oxygens (including phenoxy) is 1. The minimum Gasteiger partial charge on any atom is -0.378 e. The fourth-order valence-corrected chi connectivity index (χ4v) is 3.73. The summed E-state index contributed by atoms with van der Waals surface area (Å²) < 4.78 is 5.26. The smallest absolute Gasteiger partial charge is 0.238 e. The lowest BCUT2D eigenvalue weighted by atomic mass is 10.2. The van der Waals surface area contributed by atoms with Gasteiger partial charge in [-0.05, 0) is 44.2 Å². The lowest BCUT2D eigenvalue weighted by Gasteiger charge is -2.28. The van der Waals surface area contributed by atoms with Crippen molar-refractivity contribution in [3.8, 4) is 0 Å². The topological polar surface area (TPSA) is 65.1 Å². The summed E-state index contributed by atoms with van der Waals surface area (Å²) in [6.45, 7) is 5.06. The molecule has 1 aromatic carbocycles. The van der Waals surface area contributed by atoms with Crippen molar-refractivity contribution in [2.45, 2.75) is 25.7 Å². The zero-order valence-electron chi connectivity index (χ0n) is 16.9. The molecule has 0 aliphatic carbocycles. The van der Waals surface area contributed by atoms with Gasteiger partial charge in [0.2, 0.25) is 11.8 Å². The lowest BCUT2D eigenvalue weighted by Crippen LogP contribution is -2.46. The van der Waals surface area contributed by atoms with Crippen LogP contribution in [0.25, 0.3) is 0 Å². The van der Waals surface area contributed by atoms with Crippen LogP contribution in [0.5, 0.6) is 0 Å². The molecule has 1 N–H and O–H groups in total. The number of nitrogens with zero attached hydrogens (tertiary/aromatic N) is 3. The molecule has 1 aromatic rings. The van der Waals surface area contributed by atoms with Crippen molar-refractivity contribution in [1.29, 1.82) is 0 Å². The molecule has 2 amide bonds. The highest BCUT2D eigenvalue weighted by Crippen LogP contribution is 2.21. The van der Waals surface area contributed by atoms with Crippen LogP contribution < -0.4 is 10.2 Å². The van der Waals surface area contributed by atoms with Crippen molar-refractivity contribution in [2.24, 2.45) is 0 Å². The van der Waals surface area contributed by atoms with Gasteiger partial charge < -0.3 is 19.9 Å². The lowest BCUT2D eigenvalue weighted by molar-refractivity contribution is -0.136. The number of carbonyl (C=O) groups is 2. The van der Waals surface area contributed by atoms with Gasteiger partial charge in [0.05, 0.1) is 26.3 Å². The number of morpholine rings is 1. The van der Waals surface area contributed by atoms with Crippen LogP contribution in [-0.4, -0.2) is 81.1 Å². The van der Waals surface area contributed by atoms with Gasteiger partial charge in [0.25, 0.3) is 0 Å². The number of likely N-dealkylation sites (N-methyl/N-ethyl adjacent to an activating group) is 1. The van der Waals surface area contributed by atoms with Gasteiger partial charge >= 0.3 is 0 Å². The predicted octanol–water partition coefficient (Wildman–Crippen LogP) is 1.80. The maximum atomic E-state index is 12.3. The first-order valence-corrected chi connectivity index (χ1v) is 10.3. The van der Waals surface area contributed by atoms with E-state index >= 15 is 0 Å². The molecule has 2 fully saturated rings. The van der Waals surface area contributed by atoms with Crippen LogP contribution in [-0.2, 0) is 14.3 Å². The van der Waals surface area contributed by atoms with E-state index in [2.05, 4.69) is 22.3 Å². The number of carbonyl (C=O) groups excluding carboxylic acids is 2. The van der Waals surface area contributed by atoms with Crippen LogP contribution in [0.4, 0.5) is 11.4 Å². The van der Waals surface area contributed by atoms with E-state index in [1.54, 1.807) is 16.8 Å². The molecule has 2 aliphatic heterocycles. The van der Waals surface area contributed by atoms with Crippen molar-refractivity contribution in [3.63, 3.8) is 0 Å². The fourth-order valence-electron chi connectivity index (χ4n) is 3.73. The first-order chi connectivity index (χ1) is 13.6. The standard InChI is InChI=1S/C21H32N4O3/c1-23(17-21(27)25-12-14-28-15-13-25)16-20(26)22-18-6-8-19(9-7-18)24-10-4-2-3-5-11-24/h6-9H,2-5,10-17H2,1H3,(H,22,26). The van der Waals surface area contributed by atoms with Crippen LogP contribution in [0.15, 0.2) is 24.3 Å². The largest absolute Gasteiger partial charge is 0.378 e. The average Bonchev–Trinajstić information content (AvgIpc) is 2.98. The molecule has 2 heterocycles. The molecule has 3 rings (SSSR count). The zero-order chi connectivity index (χ0) is 19.8. The van der Waals surface area contributed by atoms with E-state index in [9.17, 15) is 9.59 Å². The van der Waals surface area contributed by atoms with Gasteiger partial charge in [-0.15, -0.1) is 0 Å². The second-order valence-electron chi connectivity index (χ2n) is 7.66. The van der Waals surface area contributed by atoms with Crippen molar-refractivity contribution >= 4 is 23.2 Å². The summed E-state index contributed by atoms with van der Waals surface area (Å²) in [4.78, 5) is 30.5. The Morgan fingerprint density at radius 3 is 2.25 bits per heavy atom. The molecule has 0 atom stereocenters. The van der Waals surface area contributed by atoms with Crippen molar-refractivity contribution < 1.29 is 14.3 Å². The van der Waals surface area contributed by atoms with E-state index in [0.29, 0.717) is 26.3 Å². The summed E-state index contributed by atoms with van der Waals surface area (Å²) in [7, 11) is 1.79. The number of anilines is 2. The number of nitrogens with one attached hydrogen (secondary N) is 1. The minimum absolute atomic E-state index is 0.0420. The predicted molar refractivity (Wildman–Crippen MR) is 111 cm³/mol. The van der Waals surface area contributed by atoms with Crippen LogP contribution in [0.3, 0.4) is 0 Å². The first kappa shape index (κ1) is 20.6. The summed E-state index contributed by atoms with van der Waals surface area (Å²) in [6, 6.07) is 8.06. The second kappa shape index (κ2) is 10.4. The molecule has 154 valence electrons. The third-order valence-electron chi connectivity index (χ3n) is 5.30. The summed E-state index contributed by atoms with van der Waals surface area (Å²) >= 11 is 0. The second-order valence-corrected chi connectivity index (χ2v) is 7.66. The van der Waals surface area contributed by atoms with Crippen molar-refractivity contribution in [3.05, 3.63) is 24.3 Å². The molecule has 0 spiro atoms. The van der Waals surface area contributed by atoms with E-state index in [-0.39, 0.29) is 24.9 Å². The molecule has 7 nitrogen and oxygen atoms in total. The molecule has 0 bridgehead atoms. The van der Waals surface area contributed by atoms with E-state index in [1.807, 2.05) is 12.1 Å². The van der Waals surface area contributed by atoms with Gasteiger partial charge in [-0.25, -0.2) is 0 Å². The third-order valence-corrected chi connectivity index (χ3v) is 5.30. The minimum atomic E-state index is -0.111. The third kappa shape index (κ3) is 6.21. The van der Waals surface area contributed by atoms with Gasteiger partial charge in [0.15, 0.2) is 0 Å². The van der Waals surface area contributed by atoms with Crippen molar-refractivity contribution in [2.75, 3.05) is 69.7 Å². The highest BCUT2D eigenvalue weighted by molar-refractivity contribution is 5.92. The van der Waals surface area contributed by atoms with Gasteiger partial charge in [-0.2, -0.15) is 0 Å². The van der Waals surface area contributed by atoms with E-state index in [1.165, 1.54) is 31.4 Å². The number of hydrogen-bond acceptors (Lipinski definition) is 5. The Labute approximate surface area is 167 Å². The normalized spacial score (nSPS) is 18.1. The Balaban J connectivity index is 1.44. The average molecular weight is 389 g/mol. The zero-order valence-corrected chi connectivity index (χ0v) is 16.9. The van der Waals surface area contributed by atoms with Gasteiger partial charge in [0.1, 0.15) is 0 Å². The van der Waals surface area contributed by atoms with Gasteiger partial charge in [0, 0.05) is 37.6 Å². The molecular weight excluding hydrogens is 356 g/mol. The van der Waals surface area contributed by atoms with E-state index in [0.717, 1.165) is 18.8 Å². The quantitative estimate of drug-likeness (QED) is 0.805. The number of amides is 2. The van der Waals surface area contributed by atoms with E-state index < -0.39 is 0 Å². The Hall–Kier alpha value is -2.12. The highest BCUT2D eigenvalue weighted by atomic mass is 16.5. The molecule has 2 saturated heterocycles. The summed E-state index contributed by atoms with van der Waals surface area (Å²) in [5.41, 5.74) is 2.00. The number of rotatable bonds is 6. The number of hydrogen-bond donors (Lipinski definition) is 1. The van der Waals surface area contributed by atoms with Crippen LogP contribution in [0.2, 0.25) is 0 Å². The summed E-state index contributed by atoms with van der Waals surface area (Å²) in [5.74, 6) is -0.0693. The molecular formula is C21H32N4O3. The molecule has 2 aliphatic rings. The monoisotopic (exact) mass is 388 g/mol. The van der Waals surface area contributed by atoms with Gasteiger partial charge in [-0.1, -0.05) is 12.8 Å². The van der Waals surface area contributed by atoms with Crippen LogP contribution in [0, 0.1) is 0 Å². The highest BCUT2D eigenvalue weighted by Gasteiger charge is 2.19. The Kier molecular flexibility index (Phi) is 7.68. The SMILES string of the molecule is CN(CC(=O)Nc1ccc(N2CCCCCC2)cc1)CC(=O)N1CCOCC1. The maximum absolute atomic E-state index is 12.3. The Morgan fingerprint density at radius 2 is 1.61 bits per heavy atom. The Morgan fingerprint density at radius 1 is 0.964 bits per heavy atom. The molecule has 0 radical (unpaired) electrons.